The average molecular weight is 521 g/mol. The van der Waals surface area contributed by atoms with E-state index in [4.69, 9.17) is 4.74 Å². The zero-order chi connectivity index (χ0) is 27.8. The Labute approximate surface area is 231 Å². The van der Waals surface area contributed by atoms with E-state index in [0.29, 0.717) is 23.9 Å². The second kappa shape index (κ2) is 12.9. The van der Waals surface area contributed by atoms with Crippen LogP contribution in [0, 0.1) is 6.92 Å². The van der Waals surface area contributed by atoms with Crippen molar-refractivity contribution in [2.24, 2.45) is 0 Å². The van der Waals surface area contributed by atoms with E-state index in [1.165, 1.54) is 5.56 Å². The molecule has 2 amide bonds. The summed E-state index contributed by atoms with van der Waals surface area (Å²) >= 11 is 0. The molecule has 4 aromatic carbocycles. The van der Waals surface area contributed by atoms with Crippen molar-refractivity contribution >= 4 is 17.5 Å². The highest BCUT2D eigenvalue weighted by molar-refractivity contribution is 5.98. The van der Waals surface area contributed by atoms with Crippen LogP contribution in [0.3, 0.4) is 0 Å². The zero-order valence-corrected chi connectivity index (χ0v) is 23.1. The quantitative estimate of drug-likeness (QED) is 0.243. The SMILES string of the molecule is COc1ccc(NC(=O)[C@@H](c2ccc(C(C)C)cc2)N(Cc2ccc(C)cc2)C(=O)Cc2ccccc2)cc1. The molecule has 0 aliphatic heterocycles. The Hall–Kier alpha value is -4.38. The summed E-state index contributed by atoms with van der Waals surface area (Å²) < 4.78 is 5.26. The molecule has 0 saturated heterocycles. The number of nitrogens with zero attached hydrogens (tertiary/aromatic N) is 1. The summed E-state index contributed by atoms with van der Waals surface area (Å²) in [5, 5.41) is 3.03. The fraction of sp³-hybridized carbons (Fsp3) is 0.235. The number of benzene rings is 4. The summed E-state index contributed by atoms with van der Waals surface area (Å²) in [6.07, 6.45) is 0.198. The summed E-state index contributed by atoms with van der Waals surface area (Å²) in [5.41, 5.74) is 5.58. The Bertz CT molecular complexity index is 1360. The molecule has 0 aliphatic carbocycles. The number of methoxy groups -OCH3 is 1. The molecule has 0 heterocycles. The summed E-state index contributed by atoms with van der Waals surface area (Å²) in [6, 6.07) is 32.1. The summed E-state index contributed by atoms with van der Waals surface area (Å²) in [6.45, 7) is 6.61. The minimum Gasteiger partial charge on any atom is -0.497 e. The number of carbonyl (C=O) groups is 2. The van der Waals surface area contributed by atoms with Gasteiger partial charge in [0.25, 0.3) is 5.91 Å². The lowest BCUT2D eigenvalue weighted by atomic mass is 9.97. The number of hydrogen-bond acceptors (Lipinski definition) is 3. The predicted molar refractivity (Wildman–Crippen MR) is 157 cm³/mol. The molecule has 39 heavy (non-hydrogen) atoms. The molecule has 0 bridgehead atoms. The van der Waals surface area contributed by atoms with E-state index in [2.05, 4.69) is 19.2 Å². The van der Waals surface area contributed by atoms with Crippen molar-refractivity contribution in [3.8, 4) is 5.75 Å². The number of carbonyl (C=O) groups excluding carboxylic acids is 2. The fourth-order valence-corrected chi connectivity index (χ4v) is 4.51. The van der Waals surface area contributed by atoms with Crippen molar-refractivity contribution in [3.05, 3.63) is 131 Å². The van der Waals surface area contributed by atoms with Crippen LogP contribution in [-0.2, 0) is 22.6 Å². The Morgan fingerprint density at radius 3 is 1.97 bits per heavy atom. The molecule has 5 nitrogen and oxygen atoms in total. The van der Waals surface area contributed by atoms with Gasteiger partial charge in [-0.1, -0.05) is 98.3 Å². The number of nitrogens with one attached hydrogen (secondary N) is 1. The third-order valence-electron chi connectivity index (χ3n) is 6.83. The Morgan fingerprint density at radius 2 is 1.38 bits per heavy atom. The van der Waals surface area contributed by atoms with Gasteiger partial charge in [0.2, 0.25) is 5.91 Å². The molecule has 200 valence electrons. The molecule has 1 atom stereocenters. The van der Waals surface area contributed by atoms with E-state index in [-0.39, 0.29) is 18.2 Å². The second-order valence-corrected chi connectivity index (χ2v) is 10.1. The van der Waals surface area contributed by atoms with Crippen LogP contribution in [-0.4, -0.2) is 23.8 Å². The molecular weight excluding hydrogens is 484 g/mol. The van der Waals surface area contributed by atoms with Crippen LogP contribution in [0.5, 0.6) is 5.75 Å². The first-order valence-corrected chi connectivity index (χ1v) is 13.3. The van der Waals surface area contributed by atoms with Crippen LogP contribution in [0.2, 0.25) is 0 Å². The Kier molecular flexibility index (Phi) is 9.16. The van der Waals surface area contributed by atoms with Gasteiger partial charge < -0.3 is 15.0 Å². The first-order chi connectivity index (χ1) is 18.8. The van der Waals surface area contributed by atoms with Crippen molar-refractivity contribution in [1.29, 1.82) is 0 Å². The van der Waals surface area contributed by atoms with Crippen molar-refractivity contribution in [2.75, 3.05) is 12.4 Å². The Morgan fingerprint density at radius 1 is 0.769 bits per heavy atom. The third-order valence-corrected chi connectivity index (χ3v) is 6.83. The van der Waals surface area contributed by atoms with Gasteiger partial charge in [0.15, 0.2) is 0 Å². The van der Waals surface area contributed by atoms with Gasteiger partial charge in [-0.25, -0.2) is 0 Å². The summed E-state index contributed by atoms with van der Waals surface area (Å²) in [5.74, 6) is 0.664. The highest BCUT2D eigenvalue weighted by Crippen LogP contribution is 2.28. The molecule has 0 unspecified atom stereocenters. The maximum absolute atomic E-state index is 14.0. The number of anilines is 1. The first kappa shape index (κ1) is 27.6. The molecule has 0 aliphatic rings. The van der Waals surface area contributed by atoms with E-state index in [0.717, 1.165) is 22.3 Å². The van der Waals surface area contributed by atoms with E-state index >= 15 is 0 Å². The largest absolute Gasteiger partial charge is 0.497 e. The molecule has 0 fully saturated rings. The van der Waals surface area contributed by atoms with Crippen LogP contribution in [0.25, 0.3) is 0 Å². The standard InChI is InChI=1S/C34H36N2O3/c1-24(2)28-14-16-29(17-15-28)33(34(38)35-30-18-20-31(39-4)21-19-30)36(23-27-12-10-25(3)11-13-27)32(37)22-26-8-6-5-7-9-26/h5-21,24,33H,22-23H2,1-4H3,(H,35,38)/t33-/m1/s1. The van der Waals surface area contributed by atoms with Gasteiger partial charge in [-0.05, 0) is 59.4 Å². The van der Waals surface area contributed by atoms with Crippen molar-refractivity contribution in [3.63, 3.8) is 0 Å². The summed E-state index contributed by atoms with van der Waals surface area (Å²) in [7, 11) is 1.60. The van der Waals surface area contributed by atoms with Crippen LogP contribution in [0.1, 0.15) is 53.6 Å². The van der Waals surface area contributed by atoms with E-state index in [9.17, 15) is 9.59 Å². The average Bonchev–Trinajstić information content (AvgIpc) is 2.95. The van der Waals surface area contributed by atoms with Gasteiger partial charge in [0.1, 0.15) is 11.8 Å². The van der Waals surface area contributed by atoms with Gasteiger partial charge in [-0.3, -0.25) is 9.59 Å². The van der Waals surface area contributed by atoms with Crippen molar-refractivity contribution < 1.29 is 14.3 Å². The minimum atomic E-state index is -0.828. The molecule has 4 aromatic rings. The molecule has 0 saturated carbocycles. The molecule has 4 rings (SSSR count). The second-order valence-electron chi connectivity index (χ2n) is 10.1. The van der Waals surface area contributed by atoms with Gasteiger partial charge in [-0.2, -0.15) is 0 Å². The highest BCUT2D eigenvalue weighted by atomic mass is 16.5. The third kappa shape index (κ3) is 7.35. The number of ether oxygens (including phenoxy) is 1. The first-order valence-electron chi connectivity index (χ1n) is 13.3. The lowest BCUT2D eigenvalue weighted by Gasteiger charge is -2.32. The van der Waals surface area contributed by atoms with E-state index < -0.39 is 6.04 Å². The van der Waals surface area contributed by atoms with Gasteiger partial charge >= 0.3 is 0 Å². The lowest BCUT2D eigenvalue weighted by Crippen LogP contribution is -2.41. The topological polar surface area (TPSA) is 58.6 Å². The lowest BCUT2D eigenvalue weighted by molar-refractivity contribution is -0.139. The molecule has 1 N–H and O–H groups in total. The molecule has 5 heteroatoms. The maximum atomic E-state index is 14.0. The molecular formula is C34H36N2O3. The number of aryl methyl sites for hydroxylation is 1. The Balaban J connectivity index is 1.74. The predicted octanol–water partition coefficient (Wildman–Crippen LogP) is 7.08. The van der Waals surface area contributed by atoms with E-state index in [1.807, 2.05) is 85.8 Å². The van der Waals surface area contributed by atoms with Crippen LogP contribution >= 0.6 is 0 Å². The van der Waals surface area contributed by atoms with Crippen molar-refractivity contribution in [1.82, 2.24) is 4.90 Å². The van der Waals surface area contributed by atoms with Crippen LogP contribution < -0.4 is 10.1 Å². The minimum absolute atomic E-state index is 0.121. The monoisotopic (exact) mass is 520 g/mol. The smallest absolute Gasteiger partial charge is 0.251 e. The molecule has 0 radical (unpaired) electrons. The molecule has 0 aromatic heterocycles. The maximum Gasteiger partial charge on any atom is 0.251 e. The summed E-state index contributed by atoms with van der Waals surface area (Å²) in [4.78, 5) is 29.6. The van der Waals surface area contributed by atoms with Gasteiger partial charge in [0, 0.05) is 12.2 Å². The number of hydrogen-bond donors (Lipinski definition) is 1. The van der Waals surface area contributed by atoms with Crippen molar-refractivity contribution in [2.45, 2.75) is 45.7 Å². The van der Waals surface area contributed by atoms with Gasteiger partial charge in [0.05, 0.1) is 13.5 Å². The fourth-order valence-electron chi connectivity index (χ4n) is 4.51. The van der Waals surface area contributed by atoms with Crippen LogP contribution in [0.4, 0.5) is 5.69 Å². The number of rotatable bonds is 10. The van der Waals surface area contributed by atoms with Gasteiger partial charge in [-0.15, -0.1) is 0 Å². The van der Waals surface area contributed by atoms with E-state index in [1.54, 1.807) is 36.3 Å². The number of amides is 2. The normalized spacial score (nSPS) is 11.6. The zero-order valence-electron chi connectivity index (χ0n) is 23.1. The van der Waals surface area contributed by atoms with Crippen LogP contribution in [0.15, 0.2) is 103 Å². The highest BCUT2D eigenvalue weighted by Gasteiger charge is 2.32. The molecule has 0 spiro atoms.